The highest BCUT2D eigenvalue weighted by molar-refractivity contribution is 9.10. The molecule has 0 saturated carbocycles. The predicted molar refractivity (Wildman–Crippen MR) is 161 cm³/mol. The molecule has 1 aliphatic heterocycles. The van der Waals surface area contributed by atoms with Crippen LogP contribution in [0.2, 0.25) is 0 Å². The van der Waals surface area contributed by atoms with Crippen LogP contribution < -0.4 is 15.5 Å². The number of anilines is 2. The molecule has 38 heavy (non-hydrogen) atoms. The van der Waals surface area contributed by atoms with Crippen LogP contribution in [0.4, 0.5) is 11.4 Å². The van der Waals surface area contributed by atoms with Crippen molar-refractivity contribution in [3.8, 4) is 5.69 Å². The number of rotatable bonds is 6. The molecule has 4 aromatic rings. The smallest absolute Gasteiger partial charge is 0.224 e. The van der Waals surface area contributed by atoms with Gasteiger partial charge in [0.25, 0.3) is 0 Å². The summed E-state index contributed by atoms with van der Waals surface area (Å²) in [5.74, 6) is -0.00677. The second-order valence-corrected chi connectivity index (χ2v) is 10.8. The Morgan fingerprint density at radius 1 is 1.05 bits per heavy atom. The van der Waals surface area contributed by atoms with E-state index in [0.29, 0.717) is 11.5 Å². The molecule has 2 N–H and O–H groups in total. The number of aromatic nitrogens is 2. The van der Waals surface area contributed by atoms with Crippen LogP contribution in [0.5, 0.6) is 0 Å². The number of hydrogen-bond donors (Lipinski definition) is 2. The lowest BCUT2D eigenvalue weighted by Crippen LogP contribution is -2.29. The van der Waals surface area contributed by atoms with Crippen molar-refractivity contribution in [2.45, 2.75) is 46.2 Å². The van der Waals surface area contributed by atoms with Gasteiger partial charge in [-0.1, -0.05) is 28.9 Å². The molecule has 0 radical (unpaired) electrons. The first kappa shape index (κ1) is 26.1. The molecule has 6 nitrogen and oxygen atoms in total. The monoisotopic (exact) mass is 587 g/mol. The maximum atomic E-state index is 12.0. The molecule has 8 heteroatoms. The van der Waals surface area contributed by atoms with Crippen LogP contribution in [-0.4, -0.2) is 20.6 Å². The first-order valence-corrected chi connectivity index (χ1v) is 13.8. The lowest BCUT2D eigenvalue weighted by atomic mass is 9.96. The molecule has 1 saturated heterocycles. The van der Waals surface area contributed by atoms with Gasteiger partial charge in [-0.05, 0) is 105 Å². The van der Waals surface area contributed by atoms with Crippen LogP contribution in [0.1, 0.15) is 53.6 Å². The van der Waals surface area contributed by atoms with Crippen molar-refractivity contribution >= 4 is 50.5 Å². The Bertz CT molecular complexity index is 1500. The Kier molecular flexibility index (Phi) is 7.36. The molecule has 1 fully saturated rings. The normalized spacial score (nSPS) is 17.0. The van der Waals surface area contributed by atoms with Crippen molar-refractivity contribution in [3.63, 3.8) is 0 Å². The number of thiocarbonyl (C=S) groups is 1. The fourth-order valence-electron chi connectivity index (χ4n) is 5.20. The second-order valence-electron chi connectivity index (χ2n) is 9.54. The van der Waals surface area contributed by atoms with Crippen molar-refractivity contribution in [2.75, 3.05) is 10.2 Å². The molecule has 5 rings (SSSR count). The van der Waals surface area contributed by atoms with E-state index in [1.54, 1.807) is 0 Å². The van der Waals surface area contributed by atoms with E-state index in [0.717, 1.165) is 44.2 Å². The van der Waals surface area contributed by atoms with Gasteiger partial charge < -0.3 is 20.1 Å². The maximum Gasteiger partial charge on any atom is 0.224 e. The van der Waals surface area contributed by atoms with E-state index in [1.165, 1.54) is 5.56 Å². The lowest BCUT2D eigenvalue weighted by molar-refractivity contribution is -0.115. The van der Waals surface area contributed by atoms with Gasteiger partial charge in [-0.2, -0.15) is 0 Å². The van der Waals surface area contributed by atoms with Gasteiger partial charge in [-0.3, -0.25) is 9.78 Å². The fraction of sp³-hybridized carbons (Fsp3) is 0.233. The van der Waals surface area contributed by atoms with Crippen LogP contribution in [0.25, 0.3) is 5.69 Å². The SMILES string of the molecule is CCC(=O)Nc1ccc(N2C(=S)N[C@H](c3ccccn3)[C@H]2c2cc(C)n(-c3ccc(Br)cc3)c2C)cc1C. The molecule has 0 unspecified atom stereocenters. The van der Waals surface area contributed by atoms with Gasteiger partial charge in [0, 0.05) is 45.5 Å². The van der Waals surface area contributed by atoms with Crippen molar-refractivity contribution in [1.82, 2.24) is 14.9 Å². The lowest BCUT2D eigenvalue weighted by Gasteiger charge is -2.29. The van der Waals surface area contributed by atoms with Gasteiger partial charge in [0.15, 0.2) is 5.11 Å². The summed E-state index contributed by atoms with van der Waals surface area (Å²) < 4.78 is 3.33. The van der Waals surface area contributed by atoms with Crippen LogP contribution in [-0.2, 0) is 4.79 Å². The molecule has 1 aliphatic rings. The summed E-state index contributed by atoms with van der Waals surface area (Å²) in [6.07, 6.45) is 2.25. The second kappa shape index (κ2) is 10.7. The Hall–Kier alpha value is -3.49. The van der Waals surface area contributed by atoms with Gasteiger partial charge in [-0.25, -0.2) is 0 Å². The van der Waals surface area contributed by atoms with Gasteiger partial charge in [0.2, 0.25) is 5.91 Å². The number of amides is 1. The Morgan fingerprint density at radius 3 is 2.45 bits per heavy atom. The summed E-state index contributed by atoms with van der Waals surface area (Å²) in [5.41, 5.74) is 8.26. The zero-order valence-corrected chi connectivity index (χ0v) is 24.2. The number of aryl methyl sites for hydroxylation is 2. The van der Waals surface area contributed by atoms with E-state index in [9.17, 15) is 4.79 Å². The highest BCUT2D eigenvalue weighted by Crippen LogP contribution is 2.44. The molecule has 2 aromatic carbocycles. The molecule has 2 aromatic heterocycles. The topological polar surface area (TPSA) is 62.2 Å². The Balaban J connectivity index is 1.63. The third-order valence-electron chi connectivity index (χ3n) is 7.06. The average Bonchev–Trinajstić information content (AvgIpc) is 3.41. The molecule has 1 amide bonds. The zero-order chi connectivity index (χ0) is 27.0. The van der Waals surface area contributed by atoms with E-state index in [1.807, 2.05) is 50.4 Å². The number of benzene rings is 2. The number of pyridine rings is 1. The number of carbonyl (C=O) groups is 1. The van der Waals surface area contributed by atoms with Gasteiger partial charge >= 0.3 is 0 Å². The molecule has 0 spiro atoms. The third kappa shape index (κ3) is 4.86. The van der Waals surface area contributed by atoms with Crippen molar-refractivity contribution in [2.24, 2.45) is 0 Å². The summed E-state index contributed by atoms with van der Waals surface area (Å²) >= 11 is 9.48. The number of halogens is 1. The number of nitrogens with one attached hydrogen (secondary N) is 2. The van der Waals surface area contributed by atoms with Crippen LogP contribution >= 0.6 is 28.1 Å². The summed E-state index contributed by atoms with van der Waals surface area (Å²) in [5, 5.41) is 7.18. The van der Waals surface area contributed by atoms with Gasteiger partial charge in [0.05, 0.1) is 17.8 Å². The maximum absolute atomic E-state index is 12.0. The number of nitrogens with zero attached hydrogens (tertiary/aromatic N) is 3. The quantitative estimate of drug-likeness (QED) is 0.236. The minimum Gasteiger partial charge on any atom is -0.351 e. The first-order chi connectivity index (χ1) is 18.3. The summed E-state index contributed by atoms with van der Waals surface area (Å²) in [6, 6.07) is 22.4. The van der Waals surface area contributed by atoms with Gasteiger partial charge in [0.1, 0.15) is 0 Å². The Morgan fingerprint density at radius 2 is 1.79 bits per heavy atom. The highest BCUT2D eigenvalue weighted by Gasteiger charge is 2.42. The van der Waals surface area contributed by atoms with E-state index < -0.39 is 0 Å². The molecule has 2 atom stereocenters. The Labute approximate surface area is 237 Å². The molecule has 3 heterocycles. The van der Waals surface area contributed by atoms with Crippen LogP contribution in [0, 0.1) is 20.8 Å². The number of carbonyl (C=O) groups excluding carboxylic acids is 1. The minimum absolute atomic E-state index is 0.00677. The predicted octanol–water partition coefficient (Wildman–Crippen LogP) is 7.09. The average molecular weight is 589 g/mol. The number of hydrogen-bond acceptors (Lipinski definition) is 3. The highest BCUT2D eigenvalue weighted by atomic mass is 79.9. The standard InChI is InChI=1S/C30H30BrN5OS/c1-5-27(37)33-25-14-13-23(16-18(25)2)36-29(28(34-30(36)38)26-8-6-7-15-32-26)24-17-19(3)35(20(24)4)22-11-9-21(31)10-12-22/h6-17,28-29H,5H2,1-4H3,(H,33,37)(H,34,38)/t28-,29-/m1/s1. The van der Waals surface area contributed by atoms with E-state index >= 15 is 0 Å². The summed E-state index contributed by atoms with van der Waals surface area (Å²) in [4.78, 5) is 18.9. The molecule has 0 aliphatic carbocycles. The molecule has 194 valence electrons. The van der Waals surface area contributed by atoms with Gasteiger partial charge in [-0.15, -0.1) is 0 Å². The molecule has 0 bridgehead atoms. The van der Waals surface area contributed by atoms with E-state index in [2.05, 4.69) is 86.3 Å². The first-order valence-electron chi connectivity index (χ1n) is 12.6. The van der Waals surface area contributed by atoms with Crippen LogP contribution in [0.15, 0.2) is 77.4 Å². The largest absolute Gasteiger partial charge is 0.351 e. The fourth-order valence-corrected chi connectivity index (χ4v) is 5.81. The van der Waals surface area contributed by atoms with Crippen LogP contribution in [0.3, 0.4) is 0 Å². The molecular weight excluding hydrogens is 558 g/mol. The summed E-state index contributed by atoms with van der Waals surface area (Å²) in [7, 11) is 0. The molecular formula is C30H30BrN5OS. The van der Waals surface area contributed by atoms with Crippen molar-refractivity contribution in [1.29, 1.82) is 0 Å². The summed E-state index contributed by atoms with van der Waals surface area (Å²) in [6.45, 7) is 8.15. The third-order valence-corrected chi connectivity index (χ3v) is 7.90. The zero-order valence-electron chi connectivity index (χ0n) is 21.8. The van der Waals surface area contributed by atoms with Crippen molar-refractivity contribution < 1.29 is 4.79 Å². The minimum atomic E-state index is -0.137. The van der Waals surface area contributed by atoms with Crippen molar-refractivity contribution in [3.05, 3.63) is 106 Å². The van der Waals surface area contributed by atoms with E-state index in [-0.39, 0.29) is 18.0 Å². The van der Waals surface area contributed by atoms with E-state index in [4.69, 9.17) is 17.2 Å².